The highest BCUT2D eigenvalue weighted by Crippen LogP contribution is 2.35. The smallest absolute Gasteiger partial charge is 0.0865 e. The molecule has 4 heteroatoms. The third-order valence-corrected chi connectivity index (χ3v) is 6.95. The molecule has 3 atom stereocenters. The van der Waals surface area contributed by atoms with Crippen LogP contribution in [-0.2, 0) is 9.47 Å². The maximum Gasteiger partial charge on any atom is 0.0865 e. The Morgan fingerprint density at radius 2 is 1.83 bits per heavy atom. The highest BCUT2D eigenvalue weighted by molar-refractivity contribution is 5.18. The van der Waals surface area contributed by atoms with Crippen molar-refractivity contribution in [1.29, 1.82) is 0 Å². The van der Waals surface area contributed by atoms with Gasteiger partial charge in [-0.05, 0) is 43.7 Å². The van der Waals surface area contributed by atoms with Crippen LogP contribution in [0.3, 0.4) is 0 Å². The summed E-state index contributed by atoms with van der Waals surface area (Å²) in [7, 11) is 1.76. The SMILES string of the molecule is COCCCOC(c1ccccc1)C1CCCN(C(CN)CC2CCCCC2)C1. The van der Waals surface area contributed by atoms with E-state index in [1.54, 1.807) is 7.11 Å². The molecule has 1 saturated carbocycles. The molecule has 3 unspecified atom stereocenters. The van der Waals surface area contributed by atoms with Crippen LogP contribution in [0.25, 0.3) is 0 Å². The zero-order valence-corrected chi connectivity index (χ0v) is 18.4. The van der Waals surface area contributed by atoms with Gasteiger partial charge in [-0.1, -0.05) is 62.4 Å². The van der Waals surface area contributed by atoms with Crippen LogP contribution in [0.15, 0.2) is 30.3 Å². The van der Waals surface area contributed by atoms with Gasteiger partial charge in [-0.25, -0.2) is 0 Å². The summed E-state index contributed by atoms with van der Waals surface area (Å²) in [6.45, 7) is 4.60. The van der Waals surface area contributed by atoms with Crippen molar-refractivity contribution in [2.45, 2.75) is 69.9 Å². The summed E-state index contributed by atoms with van der Waals surface area (Å²) in [5.74, 6) is 1.42. The lowest BCUT2D eigenvalue weighted by atomic mass is 9.83. The average Bonchev–Trinajstić information content (AvgIpc) is 2.79. The molecule has 1 saturated heterocycles. The van der Waals surface area contributed by atoms with Crippen LogP contribution in [0, 0.1) is 11.8 Å². The van der Waals surface area contributed by atoms with Crippen LogP contribution in [-0.4, -0.2) is 50.9 Å². The molecule has 29 heavy (non-hydrogen) atoms. The van der Waals surface area contributed by atoms with Gasteiger partial charge in [0.1, 0.15) is 0 Å². The standard InChI is InChI=1S/C25H42N2O2/c1-28-16-9-17-29-25(22-12-6-3-7-13-22)23-14-8-15-27(20-23)24(19-26)18-21-10-4-2-5-11-21/h3,6-7,12-13,21,23-25H,2,4-5,8-11,14-20,26H2,1H3. The number of piperidine rings is 1. The lowest BCUT2D eigenvalue weighted by Crippen LogP contribution is -2.48. The second-order valence-electron chi connectivity index (χ2n) is 9.07. The second-order valence-corrected chi connectivity index (χ2v) is 9.07. The molecule has 0 radical (unpaired) electrons. The number of hydrogen-bond donors (Lipinski definition) is 1. The van der Waals surface area contributed by atoms with Crippen molar-refractivity contribution >= 4 is 0 Å². The van der Waals surface area contributed by atoms with Crippen molar-refractivity contribution in [2.75, 3.05) is 40.0 Å². The Balaban J connectivity index is 1.62. The van der Waals surface area contributed by atoms with Gasteiger partial charge in [-0.3, -0.25) is 4.90 Å². The average molecular weight is 403 g/mol. The van der Waals surface area contributed by atoms with E-state index in [9.17, 15) is 0 Å². The third-order valence-electron chi connectivity index (χ3n) is 6.95. The molecule has 0 bridgehead atoms. The van der Waals surface area contributed by atoms with Gasteiger partial charge in [0, 0.05) is 45.4 Å². The number of nitrogens with two attached hydrogens (primary N) is 1. The Bertz CT molecular complexity index is 547. The molecule has 2 fully saturated rings. The molecule has 2 aliphatic rings. The molecule has 0 spiro atoms. The van der Waals surface area contributed by atoms with E-state index in [-0.39, 0.29) is 6.10 Å². The number of methoxy groups -OCH3 is 1. The lowest BCUT2D eigenvalue weighted by molar-refractivity contribution is -0.0295. The highest BCUT2D eigenvalue weighted by Gasteiger charge is 2.32. The molecule has 1 aliphatic heterocycles. The molecule has 0 amide bonds. The summed E-state index contributed by atoms with van der Waals surface area (Å²) >= 11 is 0. The van der Waals surface area contributed by atoms with Crippen molar-refractivity contribution in [3.05, 3.63) is 35.9 Å². The topological polar surface area (TPSA) is 47.7 Å². The van der Waals surface area contributed by atoms with Gasteiger partial charge in [0.05, 0.1) is 6.10 Å². The third kappa shape index (κ3) is 7.06. The summed E-state index contributed by atoms with van der Waals surface area (Å²) in [5, 5.41) is 0. The van der Waals surface area contributed by atoms with E-state index in [0.29, 0.717) is 12.0 Å². The minimum atomic E-state index is 0.170. The van der Waals surface area contributed by atoms with Crippen molar-refractivity contribution < 1.29 is 9.47 Å². The maximum atomic E-state index is 6.44. The summed E-state index contributed by atoms with van der Waals surface area (Å²) in [6.07, 6.45) is 11.9. The summed E-state index contributed by atoms with van der Waals surface area (Å²) in [4.78, 5) is 2.69. The lowest BCUT2D eigenvalue weighted by Gasteiger charge is -2.42. The van der Waals surface area contributed by atoms with E-state index < -0.39 is 0 Å². The molecular formula is C25H42N2O2. The molecule has 1 aromatic carbocycles. The number of benzene rings is 1. The molecule has 1 heterocycles. The van der Waals surface area contributed by atoms with E-state index in [2.05, 4.69) is 35.2 Å². The number of rotatable bonds is 11. The van der Waals surface area contributed by atoms with E-state index in [0.717, 1.165) is 38.6 Å². The molecule has 1 aliphatic carbocycles. The summed E-state index contributed by atoms with van der Waals surface area (Å²) in [5.41, 5.74) is 7.59. The Hall–Kier alpha value is -0.940. The zero-order chi connectivity index (χ0) is 20.3. The minimum absolute atomic E-state index is 0.170. The fourth-order valence-electron chi connectivity index (χ4n) is 5.38. The Labute approximate surface area is 178 Å². The first kappa shape index (κ1) is 22.7. The summed E-state index contributed by atoms with van der Waals surface area (Å²) in [6, 6.07) is 11.3. The monoisotopic (exact) mass is 402 g/mol. The van der Waals surface area contributed by atoms with E-state index in [1.807, 2.05) is 0 Å². The molecule has 2 N–H and O–H groups in total. The van der Waals surface area contributed by atoms with E-state index >= 15 is 0 Å². The van der Waals surface area contributed by atoms with Gasteiger partial charge in [0.25, 0.3) is 0 Å². The number of ether oxygens (including phenoxy) is 2. The Morgan fingerprint density at radius 3 is 2.55 bits per heavy atom. The fraction of sp³-hybridized carbons (Fsp3) is 0.760. The van der Waals surface area contributed by atoms with Crippen molar-refractivity contribution in [3.8, 4) is 0 Å². The van der Waals surface area contributed by atoms with Crippen LogP contribution >= 0.6 is 0 Å². The van der Waals surface area contributed by atoms with Crippen molar-refractivity contribution in [2.24, 2.45) is 17.6 Å². The number of hydrogen-bond acceptors (Lipinski definition) is 4. The quantitative estimate of drug-likeness (QED) is 0.541. The van der Waals surface area contributed by atoms with Gasteiger partial charge < -0.3 is 15.2 Å². The van der Waals surface area contributed by atoms with Gasteiger partial charge in [-0.15, -0.1) is 0 Å². The molecular weight excluding hydrogens is 360 g/mol. The first-order valence-electron chi connectivity index (χ1n) is 11.9. The van der Waals surface area contributed by atoms with Crippen LogP contribution in [0.1, 0.15) is 69.5 Å². The van der Waals surface area contributed by atoms with E-state index in [1.165, 1.54) is 63.5 Å². The van der Waals surface area contributed by atoms with E-state index in [4.69, 9.17) is 15.2 Å². The Kier molecular flexibility index (Phi) is 9.95. The fourth-order valence-corrected chi connectivity index (χ4v) is 5.38. The first-order chi connectivity index (χ1) is 14.3. The number of nitrogens with zero attached hydrogens (tertiary/aromatic N) is 1. The van der Waals surface area contributed by atoms with Crippen molar-refractivity contribution in [3.63, 3.8) is 0 Å². The van der Waals surface area contributed by atoms with Gasteiger partial charge >= 0.3 is 0 Å². The van der Waals surface area contributed by atoms with Crippen LogP contribution in [0.4, 0.5) is 0 Å². The molecule has 3 rings (SSSR count). The van der Waals surface area contributed by atoms with Crippen LogP contribution in [0.2, 0.25) is 0 Å². The predicted molar refractivity (Wildman–Crippen MR) is 120 cm³/mol. The van der Waals surface area contributed by atoms with Gasteiger partial charge in [0.2, 0.25) is 0 Å². The van der Waals surface area contributed by atoms with Gasteiger partial charge in [0.15, 0.2) is 0 Å². The zero-order valence-electron chi connectivity index (χ0n) is 18.4. The number of likely N-dealkylation sites (tertiary alicyclic amines) is 1. The second kappa shape index (κ2) is 12.7. The van der Waals surface area contributed by atoms with Gasteiger partial charge in [-0.2, -0.15) is 0 Å². The first-order valence-corrected chi connectivity index (χ1v) is 11.9. The highest BCUT2D eigenvalue weighted by atomic mass is 16.5. The predicted octanol–water partition coefficient (Wildman–Crippen LogP) is 4.79. The maximum absolute atomic E-state index is 6.44. The molecule has 1 aromatic rings. The summed E-state index contributed by atoms with van der Waals surface area (Å²) < 4.78 is 11.7. The van der Waals surface area contributed by atoms with Crippen LogP contribution < -0.4 is 5.73 Å². The van der Waals surface area contributed by atoms with Crippen LogP contribution in [0.5, 0.6) is 0 Å². The normalized spacial score (nSPS) is 23.7. The largest absolute Gasteiger partial charge is 0.385 e. The molecule has 164 valence electrons. The van der Waals surface area contributed by atoms with Crippen molar-refractivity contribution in [1.82, 2.24) is 4.90 Å². The minimum Gasteiger partial charge on any atom is -0.385 e. The molecule has 4 nitrogen and oxygen atoms in total. The Morgan fingerprint density at radius 1 is 1.03 bits per heavy atom. The molecule has 0 aromatic heterocycles.